The van der Waals surface area contributed by atoms with Crippen molar-refractivity contribution in [3.63, 3.8) is 0 Å². The Morgan fingerprint density at radius 3 is 2.64 bits per heavy atom. The van der Waals surface area contributed by atoms with E-state index in [1.165, 1.54) is 63.1 Å². The summed E-state index contributed by atoms with van der Waals surface area (Å²) in [6, 6.07) is 0. The Balaban J connectivity index is 1.50. The van der Waals surface area contributed by atoms with Gasteiger partial charge in [-0.05, 0) is 19.3 Å². The van der Waals surface area contributed by atoms with Gasteiger partial charge >= 0.3 is 0 Å². The lowest BCUT2D eigenvalue weighted by Crippen LogP contribution is -2.60. The molecule has 0 radical (unpaired) electrons. The first-order chi connectivity index (χ1) is 13.8. The summed E-state index contributed by atoms with van der Waals surface area (Å²) < 4.78 is 10.8. The van der Waals surface area contributed by atoms with Crippen LogP contribution in [0.3, 0.4) is 0 Å². The highest BCUT2D eigenvalue weighted by Gasteiger charge is 2.39. The first-order valence-corrected chi connectivity index (χ1v) is 12.3. The summed E-state index contributed by atoms with van der Waals surface area (Å²) in [5.41, 5.74) is 0.331. The molecule has 28 heavy (non-hydrogen) atoms. The minimum atomic E-state index is 0.331. The summed E-state index contributed by atoms with van der Waals surface area (Å²) in [5.74, 6) is 4.25. The van der Waals surface area contributed by atoms with Crippen LogP contribution in [0.2, 0.25) is 0 Å². The number of nitrogens with one attached hydrogen (secondary N) is 1. The molecule has 0 amide bonds. The van der Waals surface area contributed by atoms with E-state index in [1.54, 1.807) is 7.11 Å². The van der Waals surface area contributed by atoms with Gasteiger partial charge in [0, 0.05) is 69.8 Å². The smallest absolute Gasteiger partial charge is 0.193 e. The third-order valence-electron chi connectivity index (χ3n) is 6.62. The van der Waals surface area contributed by atoms with E-state index in [-0.39, 0.29) is 0 Å². The van der Waals surface area contributed by atoms with E-state index < -0.39 is 0 Å². The van der Waals surface area contributed by atoms with Gasteiger partial charge < -0.3 is 19.7 Å². The second-order valence-electron chi connectivity index (χ2n) is 8.45. The Bertz CT molecular complexity index is 479. The fourth-order valence-corrected chi connectivity index (χ4v) is 5.88. The molecule has 0 spiro atoms. The zero-order valence-corrected chi connectivity index (χ0v) is 18.8. The number of aliphatic imine (C=N–C) groups is 1. The van der Waals surface area contributed by atoms with Crippen LogP contribution in [-0.2, 0) is 9.47 Å². The molecule has 3 aliphatic rings. The van der Waals surface area contributed by atoms with Gasteiger partial charge in [0.05, 0.1) is 19.8 Å². The number of hydrogen-bond donors (Lipinski definition) is 1. The van der Waals surface area contributed by atoms with Gasteiger partial charge in [-0.1, -0.05) is 19.3 Å². The SMILES string of the molecule is CN=C(NCC1(N2CCSCC2)CCCCC1)N1CCC(COCCOC)C1. The molecule has 6 nitrogen and oxygen atoms in total. The maximum atomic E-state index is 5.75. The fourth-order valence-electron chi connectivity index (χ4n) is 4.98. The van der Waals surface area contributed by atoms with Gasteiger partial charge in [0.2, 0.25) is 0 Å². The van der Waals surface area contributed by atoms with Crippen molar-refractivity contribution in [2.24, 2.45) is 10.9 Å². The van der Waals surface area contributed by atoms with Crippen LogP contribution in [0.25, 0.3) is 0 Å². The lowest BCUT2D eigenvalue weighted by molar-refractivity contribution is 0.0534. The quantitative estimate of drug-likeness (QED) is 0.375. The number of rotatable bonds is 8. The lowest BCUT2D eigenvalue weighted by atomic mass is 9.80. The molecule has 0 aromatic rings. The average molecular weight is 413 g/mol. The second-order valence-corrected chi connectivity index (χ2v) is 9.68. The zero-order chi connectivity index (χ0) is 19.7. The van der Waals surface area contributed by atoms with Crippen LogP contribution in [0.5, 0.6) is 0 Å². The van der Waals surface area contributed by atoms with Gasteiger partial charge in [-0.2, -0.15) is 11.8 Å². The van der Waals surface area contributed by atoms with Crippen LogP contribution < -0.4 is 5.32 Å². The Labute approximate surface area is 175 Å². The van der Waals surface area contributed by atoms with Crippen LogP contribution >= 0.6 is 11.8 Å². The number of hydrogen-bond acceptors (Lipinski definition) is 5. The minimum absolute atomic E-state index is 0.331. The largest absolute Gasteiger partial charge is 0.382 e. The van der Waals surface area contributed by atoms with Crippen molar-refractivity contribution in [2.75, 3.05) is 78.2 Å². The molecule has 1 saturated carbocycles. The standard InChI is InChI=1S/C21H40N4O2S/c1-22-20(24-9-6-19(16-24)17-27-13-12-26-2)23-18-21(7-4-3-5-8-21)25-10-14-28-15-11-25/h19H,3-18H2,1-2H3,(H,22,23). The predicted octanol–water partition coefficient (Wildman–Crippen LogP) is 2.30. The molecule has 0 bridgehead atoms. The maximum absolute atomic E-state index is 5.75. The third-order valence-corrected chi connectivity index (χ3v) is 7.57. The Morgan fingerprint density at radius 2 is 1.93 bits per heavy atom. The molecular weight excluding hydrogens is 372 g/mol. The number of likely N-dealkylation sites (tertiary alicyclic amines) is 1. The van der Waals surface area contributed by atoms with Crippen molar-refractivity contribution < 1.29 is 9.47 Å². The molecule has 0 aromatic carbocycles. The number of nitrogens with zero attached hydrogens (tertiary/aromatic N) is 3. The molecule has 1 unspecified atom stereocenters. The average Bonchev–Trinajstić information content (AvgIpc) is 3.22. The van der Waals surface area contributed by atoms with E-state index in [1.807, 2.05) is 7.05 Å². The summed E-state index contributed by atoms with van der Waals surface area (Å²) in [5, 5.41) is 3.78. The van der Waals surface area contributed by atoms with Crippen molar-refractivity contribution in [1.82, 2.24) is 15.1 Å². The molecule has 162 valence electrons. The van der Waals surface area contributed by atoms with Gasteiger partial charge in [0.25, 0.3) is 0 Å². The predicted molar refractivity (Wildman–Crippen MR) is 118 cm³/mol. The summed E-state index contributed by atoms with van der Waals surface area (Å²) in [7, 11) is 3.65. The van der Waals surface area contributed by atoms with E-state index in [4.69, 9.17) is 9.47 Å². The second kappa shape index (κ2) is 11.6. The number of thioether (sulfide) groups is 1. The maximum Gasteiger partial charge on any atom is 0.193 e. The van der Waals surface area contributed by atoms with Gasteiger partial charge in [0.15, 0.2) is 5.96 Å². The molecule has 2 aliphatic heterocycles. The Morgan fingerprint density at radius 1 is 1.14 bits per heavy atom. The summed E-state index contributed by atoms with van der Waals surface area (Å²) in [4.78, 5) is 9.84. The first-order valence-electron chi connectivity index (χ1n) is 11.1. The van der Waals surface area contributed by atoms with Gasteiger partial charge in [-0.25, -0.2) is 0 Å². The highest BCUT2D eigenvalue weighted by molar-refractivity contribution is 7.99. The molecule has 0 aromatic heterocycles. The Hall–Kier alpha value is -0.500. The van der Waals surface area contributed by atoms with Crippen LogP contribution in [0.15, 0.2) is 4.99 Å². The van der Waals surface area contributed by atoms with Gasteiger partial charge in [-0.3, -0.25) is 9.89 Å². The van der Waals surface area contributed by atoms with E-state index in [0.717, 1.165) is 32.2 Å². The molecule has 1 N–H and O–H groups in total. The lowest BCUT2D eigenvalue weighted by Gasteiger charge is -2.48. The molecular formula is C21H40N4O2S. The van der Waals surface area contributed by atoms with Crippen molar-refractivity contribution in [3.05, 3.63) is 0 Å². The van der Waals surface area contributed by atoms with Crippen molar-refractivity contribution in [2.45, 2.75) is 44.1 Å². The summed E-state index contributed by atoms with van der Waals surface area (Å²) in [6.07, 6.45) is 7.98. The zero-order valence-electron chi connectivity index (χ0n) is 18.0. The van der Waals surface area contributed by atoms with Crippen molar-refractivity contribution in [3.8, 4) is 0 Å². The van der Waals surface area contributed by atoms with E-state index in [2.05, 4.69) is 31.9 Å². The molecule has 3 fully saturated rings. The molecule has 2 saturated heterocycles. The number of guanidine groups is 1. The molecule has 2 heterocycles. The topological polar surface area (TPSA) is 49.3 Å². The van der Waals surface area contributed by atoms with E-state index in [9.17, 15) is 0 Å². The van der Waals surface area contributed by atoms with Crippen molar-refractivity contribution in [1.29, 1.82) is 0 Å². The molecule has 1 aliphatic carbocycles. The molecule has 3 rings (SSSR count). The highest BCUT2D eigenvalue weighted by atomic mass is 32.2. The normalized spacial score (nSPS) is 26.6. The van der Waals surface area contributed by atoms with Crippen molar-refractivity contribution >= 4 is 17.7 Å². The monoisotopic (exact) mass is 412 g/mol. The van der Waals surface area contributed by atoms with Crippen LogP contribution in [0.1, 0.15) is 38.5 Å². The highest BCUT2D eigenvalue weighted by Crippen LogP contribution is 2.35. The van der Waals surface area contributed by atoms with E-state index in [0.29, 0.717) is 24.7 Å². The van der Waals surface area contributed by atoms with Crippen LogP contribution in [0.4, 0.5) is 0 Å². The number of methoxy groups -OCH3 is 1. The summed E-state index contributed by atoms with van der Waals surface area (Å²) in [6.45, 7) is 7.84. The minimum Gasteiger partial charge on any atom is -0.382 e. The van der Waals surface area contributed by atoms with E-state index >= 15 is 0 Å². The summed E-state index contributed by atoms with van der Waals surface area (Å²) >= 11 is 2.11. The fraction of sp³-hybridized carbons (Fsp3) is 0.952. The molecule has 7 heteroatoms. The van der Waals surface area contributed by atoms with Crippen LogP contribution in [-0.4, -0.2) is 99.5 Å². The first kappa shape index (κ1) is 22.2. The molecule has 1 atom stereocenters. The number of ether oxygens (including phenoxy) is 2. The van der Waals surface area contributed by atoms with Crippen LogP contribution in [0, 0.1) is 5.92 Å². The Kier molecular flexibility index (Phi) is 9.21. The van der Waals surface area contributed by atoms with Gasteiger partial charge in [-0.15, -0.1) is 0 Å². The third kappa shape index (κ3) is 6.00. The van der Waals surface area contributed by atoms with Gasteiger partial charge in [0.1, 0.15) is 0 Å².